The molecule has 3 N–H and O–H groups in total. The van der Waals surface area contributed by atoms with Gasteiger partial charge in [0.1, 0.15) is 0 Å². The molecule has 1 aromatic carbocycles. The summed E-state index contributed by atoms with van der Waals surface area (Å²) in [5, 5.41) is 14.1. The fraction of sp³-hybridized carbons (Fsp3) is 0.524. The summed E-state index contributed by atoms with van der Waals surface area (Å²) in [5.74, 6) is 0. The molecule has 152 valence electrons. The monoisotopic (exact) mass is 403 g/mol. The first-order valence-corrected chi connectivity index (χ1v) is 10.3. The minimum absolute atomic E-state index is 0.0808. The molecule has 7 heteroatoms. The number of benzene rings is 1. The van der Waals surface area contributed by atoms with E-state index in [2.05, 4.69) is 16.4 Å². The molecule has 1 aromatic heterocycles. The van der Waals surface area contributed by atoms with Gasteiger partial charge >= 0.3 is 0 Å². The number of aromatic amines is 1. The zero-order chi connectivity index (χ0) is 20.1. The number of thiocarbonyl (C=S) groups is 1. The lowest BCUT2D eigenvalue weighted by molar-refractivity contribution is 0.113. The van der Waals surface area contributed by atoms with Gasteiger partial charge in [0.15, 0.2) is 5.11 Å². The highest BCUT2D eigenvalue weighted by Gasteiger charge is 2.18. The van der Waals surface area contributed by atoms with Crippen LogP contribution in [0.3, 0.4) is 0 Å². The van der Waals surface area contributed by atoms with Gasteiger partial charge in [0, 0.05) is 31.9 Å². The van der Waals surface area contributed by atoms with Gasteiger partial charge in [-0.1, -0.05) is 12.1 Å². The van der Waals surface area contributed by atoms with E-state index in [0.29, 0.717) is 36.7 Å². The van der Waals surface area contributed by atoms with Gasteiger partial charge in [-0.3, -0.25) is 4.79 Å². The Bertz CT molecular complexity index is 890. The average Bonchev–Trinajstić information content (AvgIpc) is 3.21. The summed E-state index contributed by atoms with van der Waals surface area (Å²) in [6, 6.07) is 6.04. The summed E-state index contributed by atoms with van der Waals surface area (Å²) in [5.41, 5.74) is 3.69. The van der Waals surface area contributed by atoms with Crippen LogP contribution in [-0.4, -0.2) is 52.5 Å². The number of ether oxygens (including phenoxy) is 1. The van der Waals surface area contributed by atoms with E-state index < -0.39 is 0 Å². The van der Waals surface area contributed by atoms with Gasteiger partial charge in [-0.25, -0.2) is 0 Å². The molecule has 0 spiro atoms. The molecule has 28 heavy (non-hydrogen) atoms. The number of aliphatic hydroxyl groups is 1. The van der Waals surface area contributed by atoms with Crippen LogP contribution in [0, 0.1) is 13.8 Å². The number of rotatable bonds is 7. The maximum Gasteiger partial charge on any atom is 0.253 e. The maximum atomic E-state index is 12.7. The SMILES string of the molecule is Cc1ccc2cc(CN(CCCO)C(=S)NCC3CCCO3)c(=O)[nH]c2c1C. The number of fused-ring (bicyclic) bond motifs is 1. The predicted molar refractivity (Wildman–Crippen MR) is 116 cm³/mol. The molecule has 0 bridgehead atoms. The van der Waals surface area contributed by atoms with Crippen LogP contribution in [0.4, 0.5) is 0 Å². The van der Waals surface area contributed by atoms with Crippen molar-refractivity contribution in [1.29, 1.82) is 0 Å². The largest absolute Gasteiger partial charge is 0.396 e. The number of aliphatic hydroxyl groups excluding tert-OH is 1. The lowest BCUT2D eigenvalue weighted by Gasteiger charge is -2.26. The van der Waals surface area contributed by atoms with Crippen molar-refractivity contribution in [1.82, 2.24) is 15.2 Å². The van der Waals surface area contributed by atoms with Crippen molar-refractivity contribution in [3.8, 4) is 0 Å². The molecule has 1 saturated heterocycles. The minimum atomic E-state index is -0.0999. The van der Waals surface area contributed by atoms with Crippen molar-refractivity contribution in [2.45, 2.75) is 45.8 Å². The Morgan fingerprint density at radius 3 is 2.96 bits per heavy atom. The Hall–Kier alpha value is -1.96. The Balaban J connectivity index is 1.77. The summed E-state index contributed by atoms with van der Waals surface area (Å²) < 4.78 is 5.63. The van der Waals surface area contributed by atoms with Gasteiger partial charge in [0.05, 0.1) is 18.2 Å². The third kappa shape index (κ3) is 4.90. The molecule has 1 aliphatic rings. The van der Waals surface area contributed by atoms with Gasteiger partial charge in [-0.15, -0.1) is 0 Å². The van der Waals surface area contributed by atoms with Crippen LogP contribution in [0.5, 0.6) is 0 Å². The molecule has 2 aromatic rings. The third-order valence-corrected chi connectivity index (χ3v) is 5.77. The topological polar surface area (TPSA) is 77.6 Å². The molecular weight excluding hydrogens is 374 g/mol. The van der Waals surface area contributed by atoms with Crippen LogP contribution in [0.2, 0.25) is 0 Å². The van der Waals surface area contributed by atoms with Gasteiger partial charge in [0.25, 0.3) is 5.56 Å². The molecule has 1 unspecified atom stereocenters. The van der Waals surface area contributed by atoms with Crippen LogP contribution >= 0.6 is 12.2 Å². The first-order chi connectivity index (χ1) is 13.5. The standard InChI is InChI=1S/C21H29N3O3S/c1-14-6-7-16-11-17(20(26)23-19(16)15(14)2)13-24(8-4-9-25)21(28)22-12-18-5-3-10-27-18/h6-7,11,18,25H,3-5,8-10,12-13H2,1-2H3,(H,22,28)(H,23,26). The molecule has 3 rings (SSSR count). The van der Waals surface area contributed by atoms with Crippen molar-refractivity contribution >= 4 is 28.2 Å². The van der Waals surface area contributed by atoms with E-state index in [1.165, 1.54) is 0 Å². The fourth-order valence-corrected chi connectivity index (χ4v) is 3.76. The van der Waals surface area contributed by atoms with Crippen molar-refractivity contribution < 1.29 is 9.84 Å². The zero-order valence-electron chi connectivity index (χ0n) is 16.6. The predicted octanol–water partition coefficient (Wildman–Crippen LogP) is 2.38. The fourth-order valence-electron chi connectivity index (χ4n) is 3.53. The Kier molecular flexibility index (Phi) is 7.04. The number of nitrogens with one attached hydrogen (secondary N) is 2. The lowest BCUT2D eigenvalue weighted by Crippen LogP contribution is -2.43. The van der Waals surface area contributed by atoms with E-state index in [9.17, 15) is 9.90 Å². The summed E-state index contributed by atoms with van der Waals surface area (Å²) in [6.45, 7) is 6.59. The molecule has 1 aliphatic heterocycles. The van der Waals surface area contributed by atoms with Crippen LogP contribution in [-0.2, 0) is 11.3 Å². The van der Waals surface area contributed by atoms with Crippen molar-refractivity contribution in [3.63, 3.8) is 0 Å². The number of nitrogens with zero attached hydrogens (tertiary/aromatic N) is 1. The second-order valence-corrected chi connectivity index (χ2v) is 7.80. The highest BCUT2D eigenvalue weighted by atomic mass is 32.1. The second-order valence-electron chi connectivity index (χ2n) is 7.42. The van der Waals surface area contributed by atoms with Crippen LogP contribution in [0.25, 0.3) is 10.9 Å². The van der Waals surface area contributed by atoms with Crippen LogP contribution in [0.1, 0.15) is 36.0 Å². The molecule has 1 atom stereocenters. The van der Waals surface area contributed by atoms with E-state index in [4.69, 9.17) is 17.0 Å². The molecule has 1 fully saturated rings. The van der Waals surface area contributed by atoms with E-state index in [1.807, 2.05) is 30.9 Å². The highest BCUT2D eigenvalue weighted by Crippen LogP contribution is 2.19. The summed E-state index contributed by atoms with van der Waals surface area (Å²) >= 11 is 5.56. The quantitative estimate of drug-likeness (QED) is 0.616. The van der Waals surface area contributed by atoms with Gasteiger partial charge in [-0.2, -0.15) is 0 Å². The van der Waals surface area contributed by atoms with Gasteiger partial charge in [-0.05, 0) is 67.9 Å². The summed E-state index contributed by atoms with van der Waals surface area (Å²) in [7, 11) is 0. The number of hydrogen-bond donors (Lipinski definition) is 3. The molecule has 0 saturated carbocycles. The van der Waals surface area contributed by atoms with Crippen LogP contribution in [0.15, 0.2) is 23.0 Å². The van der Waals surface area contributed by atoms with E-state index >= 15 is 0 Å². The number of hydrogen-bond acceptors (Lipinski definition) is 4. The van der Waals surface area contributed by atoms with Crippen LogP contribution < -0.4 is 10.9 Å². The minimum Gasteiger partial charge on any atom is -0.396 e. The lowest BCUT2D eigenvalue weighted by atomic mass is 10.0. The average molecular weight is 404 g/mol. The molecule has 2 heterocycles. The van der Waals surface area contributed by atoms with Gasteiger partial charge < -0.3 is 25.0 Å². The number of aromatic nitrogens is 1. The molecule has 0 aliphatic carbocycles. The normalized spacial score (nSPS) is 16.5. The van der Waals surface area contributed by atoms with Gasteiger partial charge in [0.2, 0.25) is 0 Å². The smallest absolute Gasteiger partial charge is 0.253 e. The van der Waals surface area contributed by atoms with E-state index in [0.717, 1.165) is 41.5 Å². The molecule has 0 amide bonds. The van der Waals surface area contributed by atoms with E-state index in [-0.39, 0.29) is 18.3 Å². The summed E-state index contributed by atoms with van der Waals surface area (Å²) in [4.78, 5) is 17.7. The molecule has 0 radical (unpaired) electrons. The number of aryl methyl sites for hydroxylation is 2. The Morgan fingerprint density at radius 1 is 1.43 bits per heavy atom. The first-order valence-electron chi connectivity index (χ1n) is 9.87. The number of H-pyrrole nitrogens is 1. The van der Waals surface area contributed by atoms with Crippen molar-refractivity contribution in [2.24, 2.45) is 0 Å². The highest BCUT2D eigenvalue weighted by molar-refractivity contribution is 7.80. The first kappa shape index (κ1) is 20.8. The van der Waals surface area contributed by atoms with E-state index in [1.54, 1.807) is 0 Å². The Morgan fingerprint density at radius 2 is 2.25 bits per heavy atom. The number of pyridine rings is 1. The maximum absolute atomic E-state index is 12.7. The van der Waals surface area contributed by atoms with Crippen molar-refractivity contribution in [3.05, 3.63) is 45.2 Å². The summed E-state index contributed by atoms with van der Waals surface area (Å²) in [6.07, 6.45) is 2.90. The molecule has 6 nitrogen and oxygen atoms in total. The van der Waals surface area contributed by atoms with Crippen molar-refractivity contribution in [2.75, 3.05) is 26.3 Å². The third-order valence-electron chi connectivity index (χ3n) is 5.37. The zero-order valence-corrected chi connectivity index (χ0v) is 17.4. The second kappa shape index (κ2) is 9.49. The molecular formula is C21H29N3O3S. The Labute approximate surface area is 170 Å².